The molecule has 0 N–H and O–H groups in total. The van der Waals surface area contributed by atoms with E-state index in [1.54, 1.807) is 11.0 Å². The summed E-state index contributed by atoms with van der Waals surface area (Å²) in [5.41, 5.74) is 0. The zero-order valence-electron chi connectivity index (χ0n) is 11.1. The number of methoxy groups -OCH3 is 1. The number of aldehydes is 1. The number of carbonyl (C=O) groups is 3. The fraction of sp³-hybridized carbons (Fsp3) is 0.357. The first-order valence-corrected chi connectivity index (χ1v) is 7.07. The summed E-state index contributed by atoms with van der Waals surface area (Å²) in [5.74, 6) is -0.349. The summed E-state index contributed by atoms with van der Waals surface area (Å²) in [5, 5.41) is 0. The molecule has 1 atom stereocenters. The number of hydrogen-bond donors (Lipinski definition) is 0. The molecule has 20 heavy (non-hydrogen) atoms. The van der Waals surface area contributed by atoms with Crippen LogP contribution in [0.3, 0.4) is 0 Å². The number of carbonyl (C=O) groups excluding carboxylic acids is 3. The summed E-state index contributed by atoms with van der Waals surface area (Å²) >= 11 is 1.32. The average molecular weight is 293 g/mol. The Bertz CT molecular complexity index is 549. The second-order valence-electron chi connectivity index (χ2n) is 4.38. The highest BCUT2D eigenvalue weighted by Crippen LogP contribution is 2.20. The van der Waals surface area contributed by atoms with E-state index in [1.165, 1.54) is 18.4 Å². The van der Waals surface area contributed by atoms with Crippen molar-refractivity contribution >= 4 is 35.6 Å². The summed E-state index contributed by atoms with van der Waals surface area (Å²) in [6.45, 7) is 0.410. The maximum Gasteiger partial charge on any atom is 0.348 e. The van der Waals surface area contributed by atoms with Crippen molar-refractivity contribution in [1.29, 1.82) is 0 Å². The van der Waals surface area contributed by atoms with Crippen LogP contribution in [0.4, 0.5) is 0 Å². The van der Waals surface area contributed by atoms with Crippen LogP contribution in [0.1, 0.15) is 27.4 Å². The van der Waals surface area contributed by atoms with Gasteiger partial charge in [0.05, 0.1) is 13.2 Å². The molecule has 0 bridgehead atoms. The first-order chi connectivity index (χ1) is 9.65. The van der Waals surface area contributed by atoms with Gasteiger partial charge in [0.15, 0.2) is 0 Å². The molecule has 0 spiro atoms. The van der Waals surface area contributed by atoms with Crippen molar-refractivity contribution in [1.82, 2.24) is 4.90 Å². The molecule has 0 unspecified atom stereocenters. The van der Waals surface area contributed by atoms with E-state index in [0.717, 1.165) is 11.2 Å². The number of rotatable bonds is 5. The molecule has 106 valence electrons. The van der Waals surface area contributed by atoms with Gasteiger partial charge in [-0.05, 0) is 24.6 Å². The standard InChI is InChI=1S/C14H15NO4S/c1-19-14(18)12-6-5-11(20-12)3-2-8-15-10(9-16)4-7-13(15)17/h2-3,5-6,9-10H,4,7-8H2,1H3/b3-2-/t10-/m1/s1. The van der Waals surface area contributed by atoms with E-state index in [-0.39, 0.29) is 17.9 Å². The third-order valence-electron chi connectivity index (χ3n) is 3.13. The maximum atomic E-state index is 11.6. The Hall–Kier alpha value is -1.95. The van der Waals surface area contributed by atoms with Crippen molar-refractivity contribution in [3.63, 3.8) is 0 Å². The summed E-state index contributed by atoms with van der Waals surface area (Å²) in [4.78, 5) is 36.7. The third kappa shape index (κ3) is 3.14. The van der Waals surface area contributed by atoms with Gasteiger partial charge in [0.25, 0.3) is 0 Å². The molecule has 2 heterocycles. The maximum absolute atomic E-state index is 11.6. The van der Waals surface area contributed by atoms with Gasteiger partial charge in [-0.25, -0.2) is 4.79 Å². The van der Waals surface area contributed by atoms with Gasteiger partial charge >= 0.3 is 5.97 Å². The topological polar surface area (TPSA) is 63.7 Å². The molecule has 1 saturated heterocycles. The highest BCUT2D eigenvalue weighted by Gasteiger charge is 2.29. The van der Waals surface area contributed by atoms with Crippen LogP contribution in [-0.4, -0.2) is 42.8 Å². The van der Waals surface area contributed by atoms with Crippen LogP contribution in [0.25, 0.3) is 6.08 Å². The van der Waals surface area contributed by atoms with Gasteiger partial charge in [-0.3, -0.25) is 4.79 Å². The quantitative estimate of drug-likeness (QED) is 0.613. The molecule has 0 aliphatic carbocycles. The van der Waals surface area contributed by atoms with Gasteiger partial charge in [0, 0.05) is 17.8 Å². The zero-order chi connectivity index (χ0) is 14.5. The van der Waals surface area contributed by atoms with E-state index in [0.29, 0.717) is 24.3 Å². The molecular formula is C14H15NO4S. The summed E-state index contributed by atoms with van der Waals surface area (Å²) in [6.07, 6.45) is 5.51. The van der Waals surface area contributed by atoms with Crippen molar-refractivity contribution in [2.45, 2.75) is 18.9 Å². The van der Waals surface area contributed by atoms with Crippen LogP contribution in [0, 0.1) is 0 Å². The predicted molar refractivity (Wildman–Crippen MR) is 75.5 cm³/mol. The van der Waals surface area contributed by atoms with E-state index in [1.807, 2.05) is 18.2 Å². The Labute approximate surface area is 120 Å². The number of nitrogens with zero attached hydrogens (tertiary/aromatic N) is 1. The first kappa shape index (κ1) is 14.5. The number of thiophene rings is 1. The summed E-state index contributed by atoms with van der Waals surface area (Å²) < 4.78 is 4.63. The smallest absolute Gasteiger partial charge is 0.348 e. The van der Waals surface area contributed by atoms with E-state index < -0.39 is 0 Å². The number of hydrogen-bond acceptors (Lipinski definition) is 5. The molecule has 1 aromatic heterocycles. The predicted octanol–water partition coefficient (Wildman–Crippen LogP) is 1.74. The van der Waals surface area contributed by atoms with Gasteiger partial charge in [-0.2, -0.15) is 0 Å². The highest BCUT2D eigenvalue weighted by atomic mass is 32.1. The Morgan fingerprint density at radius 1 is 1.55 bits per heavy atom. The molecule has 1 fully saturated rings. The molecule has 5 nitrogen and oxygen atoms in total. The van der Waals surface area contributed by atoms with Crippen molar-refractivity contribution in [2.24, 2.45) is 0 Å². The average Bonchev–Trinajstić information content (AvgIpc) is 3.06. The van der Waals surface area contributed by atoms with Gasteiger partial charge in [-0.1, -0.05) is 6.08 Å². The zero-order valence-corrected chi connectivity index (χ0v) is 11.9. The fourth-order valence-electron chi connectivity index (χ4n) is 2.07. The number of amides is 1. The molecule has 6 heteroatoms. The molecule has 0 saturated carbocycles. The molecule has 1 amide bonds. The largest absolute Gasteiger partial charge is 0.465 e. The van der Waals surface area contributed by atoms with Crippen LogP contribution < -0.4 is 0 Å². The summed E-state index contributed by atoms with van der Waals surface area (Å²) in [6, 6.07) is 3.21. The number of ether oxygens (including phenoxy) is 1. The van der Waals surface area contributed by atoms with E-state index in [2.05, 4.69) is 4.74 Å². The van der Waals surface area contributed by atoms with Crippen molar-refractivity contribution in [2.75, 3.05) is 13.7 Å². The molecule has 0 aromatic carbocycles. The van der Waals surface area contributed by atoms with Crippen molar-refractivity contribution < 1.29 is 19.1 Å². The monoisotopic (exact) mass is 293 g/mol. The van der Waals surface area contributed by atoms with Gasteiger partial charge in [0.1, 0.15) is 11.2 Å². The Kier molecular flexibility index (Phi) is 4.68. The van der Waals surface area contributed by atoms with Gasteiger partial charge in [-0.15, -0.1) is 11.3 Å². The second kappa shape index (κ2) is 6.47. The lowest BCUT2D eigenvalue weighted by atomic mass is 10.2. The Morgan fingerprint density at radius 3 is 3.05 bits per heavy atom. The van der Waals surface area contributed by atoms with Crippen LogP contribution in [0.5, 0.6) is 0 Å². The van der Waals surface area contributed by atoms with E-state index >= 15 is 0 Å². The van der Waals surface area contributed by atoms with Crippen LogP contribution >= 0.6 is 11.3 Å². The van der Waals surface area contributed by atoms with Gasteiger partial charge < -0.3 is 14.4 Å². The molecule has 0 radical (unpaired) electrons. The van der Waals surface area contributed by atoms with E-state index in [9.17, 15) is 14.4 Å². The van der Waals surface area contributed by atoms with Crippen molar-refractivity contribution in [3.05, 3.63) is 28.0 Å². The van der Waals surface area contributed by atoms with Crippen LogP contribution in [-0.2, 0) is 14.3 Å². The molecule has 1 aliphatic rings. The third-order valence-corrected chi connectivity index (χ3v) is 4.16. The lowest BCUT2D eigenvalue weighted by Gasteiger charge is -2.18. The second-order valence-corrected chi connectivity index (χ2v) is 5.50. The van der Waals surface area contributed by atoms with Crippen LogP contribution in [0.2, 0.25) is 0 Å². The lowest BCUT2D eigenvalue weighted by Crippen LogP contribution is -2.33. The van der Waals surface area contributed by atoms with Crippen molar-refractivity contribution in [3.8, 4) is 0 Å². The number of likely N-dealkylation sites (tertiary alicyclic amines) is 1. The molecule has 1 aliphatic heterocycles. The van der Waals surface area contributed by atoms with Gasteiger partial charge in [0.2, 0.25) is 5.91 Å². The minimum Gasteiger partial charge on any atom is -0.465 e. The molecule has 2 rings (SSSR count). The lowest BCUT2D eigenvalue weighted by molar-refractivity contribution is -0.130. The minimum atomic E-state index is -0.356. The summed E-state index contributed by atoms with van der Waals surface area (Å²) in [7, 11) is 1.34. The normalized spacial score (nSPS) is 18.8. The van der Waals surface area contributed by atoms with E-state index in [4.69, 9.17) is 0 Å². The highest BCUT2D eigenvalue weighted by molar-refractivity contribution is 7.14. The molecule has 1 aromatic rings. The minimum absolute atomic E-state index is 0.00757. The Morgan fingerprint density at radius 2 is 2.35 bits per heavy atom. The SMILES string of the molecule is COC(=O)c1ccc(/C=C\CN2C(=O)CC[C@@H]2C=O)s1. The van der Waals surface area contributed by atoms with Crippen LogP contribution in [0.15, 0.2) is 18.2 Å². The first-order valence-electron chi connectivity index (χ1n) is 6.25. The Balaban J connectivity index is 1.96. The number of esters is 1. The fourth-order valence-corrected chi connectivity index (χ4v) is 2.93. The molecular weight excluding hydrogens is 278 g/mol.